The molecule has 1 aliphatic rings. The third-order valence-corrected chi connectivity index (χ3v) is 3.39. The molecule has 3 nitrogen and oxygen atoms in total. The zero-order chi connectivity index (χ0) is 11.4. The van der Waals surface area contributed by atoms with E-state index in [4.69, 9.17) is 5.26 Å². The van der Waals surface area contributed by atoms with E-state index in [9.17, 15) is 0 Å². The third kappa shape index (κ3) is 2.33. The predicted molar refractivity (Wildman–Crippen MR) is 64.2 cm³/mol. The summed E-state index contributed by atoms with van der Waals surface area (Å²) in [5, 5.41) is 8.82. The molecule has 0 saturated heterocycles. The van der Waals surface area contributed by atoms with Gasteiger partial charge >= 0.3 is 0 Å². The molecule has 1 aromatic rings. The van der Waals surface area contributed by atoms with Crippen LogP contribution in [-0.4, -0.2) is 18.1 Å². The van der Waals surface area contributed by atoms with Crippen molar-refractivity contribution in [3.8, 4) is 6.07 Å². The van der Waals surface area contributed by atoms with Crippen molar-refractivity contribution in [3.63, 3.8) is 0 Å². The first-order valence-electron chi connectivity index (χ1n) is 5.90. The van der Waals surface area contributed by atoms with Crippen LogP contribution in [0.2, 0.25) is 0 Å². The first-order valence-corrected chi connectivity index (χ1v) is 5.90. The van der Waals surface area contributed by atoms with Crippen LogP contribution in [0.5, 0.6) is 0 Å². The molecule has 0 aliphatic heterocycles. The Balaban J connectivity index is 2.13. The molecule has 0 spiro atoms. The van der Waals surface area contributed by atoms with Crippen LogP contribution in [0.1, 0.15) is 37.8 Å². The molecule has 0 unspecified atom stereocenters. The molecule has 1 fully saturated rings. The first-order chi connectivity index (χ1) is 7.81. The molecule has 0 radical (unpaired) electrons. The summed E-state index contributed by atoms with van der Waals surface area (Å²) in [6.45, 7) is 0. The van der Waals surface area contributed by atoms with Crippen molar-refractivity contribution in [2.24, 2.45) is 0 Å². The molecule has 1 heterocycles. The zero-order valence-electron chi connectivity index (χ0n) is 9.69. The summed E-state index contributed by atoms with van der Waals surface area (Å²) in [6.07, 6.45) is 8.26. The van der Waals surface area contributed by atoms with Gasteiger partial charge in [-0.15, -0.1) is 0 Å². The predicted octanol–water partition coefficient (Wildman–Crippen LogP) is 2.72. The second-order valence-corrected chi connectivity index (χ2v) is 4.41. The maximum atomic E-state index is 8.82. The number of aromatic nitrogens is 1. The van der Waals surface area contributed by atoms with Gasteiger partial charge in [-0.25, -0.2) is 4.98 Å². The smallest absolute Gasteiger partial charge is 0.142 e. The van der Waals surface area contributed by atoms with E-state index in [-0.39, 0.29) is 0 Å². The van der Waals surface area contributed by atoms with Crippen LogP contribution in [0.25, 0.3) is 0 Å². The third-order valence-electron chi connectivity index (χ3n) is 3.39. The van der Waals surface area contributed by atoms with E-state index in [1.807, 2.05) is 12.1 Å². The summed E-state index contributed by atoms with van der Waals surface area (Å²) < 4.78 is 0. The summed E-state index contributed by atoms with van der Waals surface area (Å²) in [7, 11) is 2.12. The Kier molecular flexibility index (Phi) is 3.40. The molecule has 2 rings (SSSR count). The molecule has 0 N–H and O–H groups in total. The van der Waals surface area contributed by atoms with Gasteiger partial charge in [0.15, 0.2) is 0 Å². The van der Waals surface area contributed by atoms with Crippen molar-refractivity contribution in [3.05, 3.63) is 24.0 Å². The monoisotopic (exact) mass is 215 g/mol. The second-order valence-electron chi connectivity index (χ2n) is 4.41. The van der Waals surface area contributed by atoms with Crippen LogP contribution in [0.4, 0.5) is 5.69 Å². The Hall–Kier alpha value is -1.56. The molecule has 0 amide bonds. The van der Waals surface area contributed by atoms with Gasteiger partial charge in [0.25, 0.3) is 0 Å². The van der Waals surface area contributed by atoms with Crippen LogP contribution in [-0.2, 0) is 0 Å². The van der Waals surface area contributed by atoms with Crippen LogP contribution in [0.15, 0.2) is 18.3 Å². The number of rotatable bonds is 2. The minimum absolute atomic E-state index is 0.500. The van der Waals surface area contributed by atoms with Gasteiger partial charge in [-0.3, -0.25) is 0 Å². The Bertz CT molecular complexity index is 388. The largest absolute Gasteiger partial charge is 0.371 e. The fourth-order valence-electron chi connectivity index (χ4n) is 2.38. The molecular formula is C13H17N3. The van der Waals surface area contributed by atoms with Crippen LogP contribution in [0.3, 0.4) is 0 Å². The average molecular weight is 215 g/mol. The number of hydrogen-bond donors (Lipinski definition) is 0. The number of nitriles is 1. The van der Waals surface area contributed by atoms with Gasteiger partial charge in [0.1, 0.15) is 11.8 Å². The Labute approximate surface area is 96.7 Å². The van der Waals surface area contributed by atoms with E-state index in [2.05, 4.69) is 23.0 Å². The number of hydrogen-bond acceptors (Lipinski definition) is 3. The van der Waals surface area contributed by atoms with Gasteiger partial charge in [0.2, 0.25) is 0 Å². The molecule has 0 atom stereocenters. The Morgan fingerprint density at radius 1 is 1.38 bits per heavy atom. The first kappa shape index (κ1) is 10.9. The highest BCUT2D eigenvalue weighted by Gasteiger charge is 2.18. The fraction of sp³-hybridized carbons (Fsp3) is 0.538. The van der Waals surface area contributed by atoms with Gasteiger partial charge in [0, 0.05) is 25.0 Å². The summed E-state index contributed by atoms with van der Waals surface area (Å²) in [6, 6.07) is 6.57. The molecule has 1 saturated carbocycles. The highest BCUT2D eigenvalue weighted by atomic mass is 15.1. The molecule has 1 aliphatic carbocycles. The van der Waals surface area contributed by atoms with Crippen molar-refractivity contribution >= 4 is 5.69 Å². The lowest BCUT2D eigenvalue weighted by molar-refractivity contribution is 0.427. The van der Waals surface area contributed by atoms with Crippen molar-refractivity contribution in [2.75, 3.05) is 11.9 Å². The fourth-order valence-corrected chi connectivity index (χ4v) is 2.38. The average Bonchev–Trinajstić information content (AvgIpc) is 2.39. The van der Waals surface area contributed by atoms with E-state index in [0.717, 1.165) is 5.69 Å². The van der Waals surface area contributed by atoms with E-state index < -0.39 is 0 Å². The maximum Gasteiger partial charge on any atom is 0.142 e. The summed E-state index contributed by atoms with van der Waals surface area (Å²) in [5.74, 6) is 0. The van der Waals surface area contributed by atoms with Crippen LogP contribution in [0, 0.1) is 11.3 Å². The number of anilines is 1. The van der Waals surface area contributed by atoms with Gasteiger partial charge in [-0.2, -0.15) is 5.26 Å². The molecular weight excluding hydrogens is 198 g/mol. The maximum absolute atomic E-state index is 8.82. The molecule has 0 aromatic carbocycles. The summed E-state index contributed by atoms with van der Waals surface area (Å²) in [5.41, 5.74) is 1.61. The minimum Gasteiger partial charge on any atom is -0.371 e. The highest BCUT2D eigenvalue weighted by Crippen LogP contribution is 2.25. The Morgan fingerprint density at radius 2 is 2.12 bits per heavy atom. The van der Waals surface area contributed by atoms with E-state index in [1.54, 1.807) is 6.20 Å². The normalized spacial score (nSPS) is 16.8. The summed E-state index contributed by atoms with van der Waals surface area (Å²) in [4.78, 5) is 6.29. The standard InChI is InChI=1S/C13H17N3/c1-16(12-5-3-2-4-6-12)13-7-8-15-11(9-13)10-14/h7-9,12H,2-6H2,1H3. The lowest BCUT2D eigenvalue weighted by Crippen LogP contribution is -2.33. The van der Waals surface area contributed by atoms with Gasteiger partial charge in [-0.05, 0) is 25.0 Å². The van der Waals surface area contributed by atoms with Crippen LogP contribution < -0.4 is 4.90 Å². The quantitative estimate of drug-likeness (QED) is 0.761. The van der Waals surface area contributed by atoms with Crippen molar-refractivity contribution in [2.45, 2.75) is 38.1 Å². The number of nitrogens with zero attached hydrogens (tertiary/aromatic N) is 3. The lowest BCUT2D eigenvalue weighted by Gasteiger charge is -2.32. The molecule has 1 aromatic heterocycles. The minimum atomic E-state index is 0.500. The van der Waals surface area contributed by atoms with E-state index in [0.29, 0.717) is 11.7 Å². The molecule has 84 valence electrons. The van der Waals surface area contributed by atoms with Crippen molar-refractivity contribution in [1.82, 2.24) is 4.98 Å². The topological polar surface area (TPSA) is 39.9 Å². The van der Waals surface area contributed by atoms with Crippen LogP contribution >= 0.6 is 0 Å². The lowest BCUT2D eigenvalue weighted by atomic mass is 9.94. The highest BCUT2D eigenvalue weighted by molar-refractivity contribution is 5.48. The van der Waals surface area contributed by atoms with E-state index >= 15 is 0 Å². The molecule has 3 heteroatoms. The van der Waals surface area contributed by atoms with Gasteiger partial charge < -0.3 is 4.90 Å². The number of pyridine rings is 1. The van der Waals surface area contributed by atoms with Gasteiger partial charge in [0.05, 0.1) is 0 Å². The van der Waals surface area contributed by atoms with E-state index in [1.165, 1.54) is 32.1 Å². The summed E-state index contributed by atoms with van der Waals surface area (Å²) >= 11 is 0. The van der Waals surface area contributed by atoms with Crippen molar-refractivity contribution < 1.29 is 0 Å². The van der Waals surface area contributed by atoms with Gasteiger partial charge in [-0.1, -0.05) is 19.3 Å². The second kappa shape index (κ2) is 4.98. The SMILES string of the molecule is CN(c1ccnc(C#N)c1)C1CCCCC1. The molecule has 16 heavy (non-hydrogen) atoms. The van der Waals surface area contributed by atoms with Crippen molar-refractivity contribution in [1.29, 1.82) is 5.26 Å². The molecule has 0 bridgehead atoms. The Morgan fingerprint density at radius 3 is 2.81 bits per heavy atom. The zero-order valence-corrected chi connectivity index (χ0v) is 9.69.